The second-order valence-electron chi connectivity index (χ2n) is 6.19. The lowest BCUT2D eigenvalue weighted by atomic mass is 9.77. The summed E-state index contributed by atoms with van der Waals surface area (Å²) in [6.45, 7) is 16.7. The Hall–Kier alpha value is -1.20. The summed E-state index contributed by atoms with van der Waals surface area (Å²) in [7, 11) is -0.617. The molecule has 1 rings (SSSR count). The topological polar surface area (TPSA) is 47.9 Å². The monoisotopic (exact) mass is 280 g/mol. The number of rotatable bonds is 4. The molecule has 1 heterocycles. The van der Waals surface area contributed by atoms with Gasteiger partial charge in [0, 0.05) is 5.47 Å². The number of aliphatic hydroxyl groups is 1. The van der Waals surface area contributed by atoms with E-state index >= 15 is 0 Å². The molecule has 0 amide bonds. The molecule has 0 atom stereocenters. The van der Waals surface area contributed by atoms with Crippen molar-refractivity contribution in [2.45, 2.75) is 59.7 Å². The van der Waals surface area contributed by atoms with Gasteiger partial charge in [0.15, 0.2) is 0 Å². The SMILES string of the molecule is C=C(C)O/C(C)=C/C(B1OC(C)(C)C(C)(C)O1)=C(\C)O. The third-order valence-corrected chi connectivity index (χ3v) is 3.62. The summed E-state index contributed by atoms with van der Waals surface area (Å²) in [6, 6.07) is 0. The van der Waals surface area contributed by atoms with Gasteiger partial charge in [-0.05, 0) is 54.5 Å². The van der Waals surface area contributed by atoms with Gasteiger partial charge < -0.3 is 19.2 Å². The first kappa shape index (κ1) is 16.9. The Kier molecular flexibility index (Phi) is 4.77. The molecule has 1 aliphatic heterocycles. The lowest BCUT2D eigenvalue weighted by molar-refractivity contribution is 0.00578. The van der Waals surface area contributed by atoms with Gasteiger partial charge >= 0.3 is 7.12 Å². The molecule has 0 aromatic rings. The van der Waals surface area contributed by atoms with Gasteiger partial charge in [0.25, 0.3) is 0 Å². The fraction of sp³-hybridized carbons (Fsp3) is 0.600. The minimum absolute atomic E-state index is 0.146. The molecule has 112 valence electrons. The molecular formula is C15H25BO4. The standard InChI is InChI=1S/C15H25BO4/c1-10(2)18-11(3)9-13(12(4)17)16-19-14(5,6)15(7,8)20-16/h9,17H,1H2,2-8H3/b11-9+,13-12-. The molecule has 0 bridgehead atoms. The quantitative estimate of drug-likeness (QED) is 0.482. The van der Waals surface area contributed by atoms with Crippen LogP contribution in [0.1, 0.15) is 48.5 Å². The van der Waals surface area contributed by atoms with Crippen LogP contribution >= 0.6 is 0 Å². The minimum atomic E-state index is -0.617. The highest BCUT2D eigenvalue weighted by molar-refractivity contribution is 6.55. The number of hydrogen-bond acceptors (Lipinski definition) is 4. The summed E-state index contributed by atoms with van der Waals surface area (Å²) < 4.78 is 17.3. The zero-order valence-corrected chi connectivity index (χ0v) is 13.5. The van der Waals surface area contributed by atoms with Crippen molar-refractivity contribution < 1.29 is 19.2 Å². The molecular weight excluding hydrogens is 255 g/mol. The Morgan fingerprint density at radius 1 is 1.10 bits per heavy atom. The lowest BCUT2D eigenvalue weighted by Gasteiger charge is -2.32. The second-order valence-corrected chi connectivity index (χ2v) is 6.19. The summed E-state index contributed by atoms with van der Waals surface area (Å²) in [5.41, 5.74) is -0.340. The number of ether oxygens (including phenoxy) is 1. The Morgan fingerprint density at radius 2 is 1.55 bits per heavy atom. The van der Waals surface area contributed by atoms with E-state index in [1.54, 1.807) is 26.8 Å². The average molecular weight is 280 g/mol. The normalized spacial score (nSPS) is 22.6. The van der Waals surface area contributed by atoms with Crippen LogP contribution in [0.15, 0.2) is 35.4 Å². The molecule has 1 aliphatic rings. The molecule has 0 spiro atoms. The van der Waals surface area contributed by atoms with E-state index < -0.39 is 18.3 Å². The van der Waals surface area contributed by atoms with Crippen LogP contribution in [-0.4, -0.2) is 23.4 Å². The van der Waals surface area contributed by atoms with Crippen molar-refractivity contribution in [2.24, 2.45) is 0 Å². The smallest absolute Gasteiger partial charge is 0.498 e. The maximum Gasteiger partial charge on any atom is 0.498 e. The molecule has 0 radical (unpaired) electrons. The largest absolute Gasteiger partial charge is 0.513 e. The van der Waals surface area contributed by atoms with Crippen molar-refractivity contribution in [1.29, 1.82) is 0 Å². The highest BCUT2D eigenvalue weighted by Gasteiger charge is 2.52. The number of aliphatic hydroxyl groups excluding tert-OH is 1. The molecule has 1 fully saturated rings. The van der Waals surface area contributed by atoms with Gasteiger partial charge in [-0.2, -0.15) is 0 Å². The minimum Gasteiger partial charge on any atom is -0.513 e. The van der Waals surface area contributed by atoms with Crippen LogP contribution in [0.5, 0.6) is 0 Å². The molecule has 0 aliphatic carbocycles. The third-order valence-electron chi connectivity index (χ3n) is 3.62. The summed E-state index contributed by atoms with van der Waals surface area (Å²) in [5.74, 6) is 1.35. The molecule has 1 N–H and O–H groups in total. The second kappa shape index (κ2) is 5.66. The molecule has 1 saturated heterocycles. The predicted molar refractivity (Wildman–Crippen MR) is 81.1 cm³/mol. The first-order valence-electron chi connectivity index (χ1n) is 6.73. The fourth-order valence-electron chi connectivity index (χ4n) is 1.84. The van der Waals surface area contributed by atoms with Gasteiger partial charge in [0.1, 0.15) is 5.76 Å². The van der Waals surface area contributed by atoms with Crippen molar-refractivity contribution in [3.05, 3.63) is 35.4 Å². The maximum absolute atomic E-state index is 9.89. The third kappa shape index (κ3) is 3.67. The van der Waals surface area contributed by atoms with Crippen molar-refractivity contribution in [1.82, 2.24) is 0 Å². The number of hydrogen-bond donors (Lipinski definition) is 1. The van der Waals surface area contributed by atoms with Crippen LogP contribution in [0.3, 0.4) is 0 Å². The number of allylic oxidation sites excluding steroid dienone is 5. The Balaban J connectivity index is 3.03. The van der Waals surface area contributed by atoms with Gasteiger partial charge in [-0.25, -0.2) is 0 Å². The summed E-state index contributed by atoms with van der Waals surface area (Å²) >= 11 is 0. The Bertz CT molecular complexity index is 440. The Labute approximate surface area is 122 Å². The van der Waals surface area contributed by atoms with E-state index in [1.807, 2.05) is 27.7 Å². The van der Waals surface area contributed by atoms with Crippen LogP contribution in [0.4, 0.5) is 0 Å². The van der Waals surface area contributed by atoms with E-state index in [0.29, 0.717) is 17.0 Å². The molecule has 0 unspecified atom stereocenters. The summed E-state index contributed by atoms with van der Waals surface area (Å²) in [4.78, 5) is 0. The van der Waals surface area contributed by atoms with Crippen molar-refractivity contribution >= 4 is 7.12 Å². The fourth-order valence-corrected chi connectivity index (χ4v) is 1.84. The molecule has 4 nitrogen and oxygen atoms in total. The maximum atomic E-state index is 9.89. The summed E-state index contributed by atoms with van der Waals surface area (Å²) in [5, 5.41) is 9.89. The van der Waals surface area contributed by atoms with Crippen molar-refractivity contribution in [3.8, 4) is 0 Å². The molecule has 20 heavy (non-hydrogen) atoms. The molecule has 5 heteroatoms. The van der Waals surface area contributed by atoms with E-state index in [9.17, 15) is 5.11 Å². The molecule has 0 aromatic heterocycles. The zero-order valence-electron chi connectivity index (χ0n) is 13.5. The molecule has 0 saturated carbocycles. The van der Waals surface area contributed by atoms with E-state index in [2.05, 4.69) is 6.58 Å². The van der Waals surface area contributed by atoms with Gasteiger partial charge in [0.2, 0.25) is 0 Å². The van der Waals surface area contributed by atoms with E-state index in [0.717, 1.165) is 0 Å². The van der Waals surface area contributed by atoms with Crippen LogP contribution in [-0.2, 0) is 14.0 Å². The van der Waals surface area contributed by atoms with Gasteiger partial charge in [-0.1, -0.05) is 6.58 Å². The predicted octanol–water partition coefficient (Wildman–Crippen LogP) is 3.90. The average Bonchev–Trinajstić information content (AvgIpc) is 2.42. The van der Waals surface area contributed by atoms with Gasteiger partial charge in [-0.3, -0.25) is 0 Å². The van der Waals surface area contributed by atoms with Crippen molar-refractivity contribution in [3.63, 3.8) is 0 Å². The van der Waals surface area contributed by atoms with E-state index in [4.69, 9.17) is 14.0 Å². The van der Waals surface area contributed by atoms with Crippen LogP contribution < -0.4 is 0 Å². The molecule has 0 aromatic carbocycles. The first-order chi connectivity index (χ1) is 8.96. The summed E-state index contributed by atoms with van der Waals surface area (Å²) in [6.07, 6.45) is 1.71. The lowest BCUT2D eigenvalue weighted by Crippen LogP contribution is -2.41. The first-order valence-corrected chi connectivity index (χ1v) is 6.73. The van der Waals surface area contributed by atoms with Crippen molar-refractivity contribution in [2.75, 3.05) is 0 Å². The van der Waals surface area contributed by atoms with Crippen LogP contribution in [0.25, 0.3) is 0 Å². The zero-order chi connectivity index (χ0) is 15.7. The van der Waals surface area contributed by atoms with Gasteiger partial charge in [0.05, 0.1) is 22.7 Å². The van der Waals surface area contributed by atoms with Crippen LogP contribution in [0.2, 0.25) is 0 Å². The highest BCUT2D eigenvalue weighted by Crippen LogP contribution is 2.39. The van der Waals surface area contributed by atoms with E-state index in [-0.39, 0.29) is 5.76 Å². The van der Waals surface area contributed by atoms with E-state index in [1.165, 1.54) is 0 Å². The van der Waals surface area contributed by atoms with Crippen LogP contribution in [0, 0.1) is 0 Å². The van der Waals surface area contributed by atoms with Gasteiger partial charge in [-0.15, -0.1) is 0 Å². The highest BCUT2D eigenvalue weighted by atomic mass is 16.7. The Morgan fingerprint density at radius 3 is 1.90 bits per heavy atom.